The second kappa shape index (κ2) is 4.37. The van der Waals surface area contributed by atoms with Gasteiger partial charge in [0.05, 0.1) is 12.2 Å². The van der Waals surface area contributed by atoms with Crippen LogP contribution < -0.4 is 11.4 Å². The van der Waals surface area contributed by atoms with Crippen LogP contribution in [0.15, 0.2) is 52.1 Å². The van der Waals surface area contributed by atoms with Gasteiger partial charge in [-0.3, -0.25) is 0 Å². The van der Waals surface area contributed by atoms with Crippen LogP contribution in [0.5, 0.6) is 0 Å². The van der Waals surface area contributed by atoms with Crippen LogP contribution in [0.3, 0.4) is 0 Å². The maximum absolute atomic E-state index is 12.4. The van der Waals surface area contributed by atoms with Crippen molar-refractivity contribution in [3.63, 3.8) is 0 Å². The van der Waals surface area contributed by atoms with Crippen LogP contribution in [0.1, 0.15) is 6.04 Å². The van der Waals surface area contributed by atoms with E-state index in [2.05, 4.69) is 0 Å². The van der Waals surface area contributed by atoms with E-state index in [1.54, 1.807) is 36.4 Å². The van der Waals surface area contributed by atoms with E-state index in [0.717, 1.165) is 13.9 Å². The third-order valence-electron chi connectivity index (χ3n) is 3.19. The van der Waals surface area contributed by atoms with Gasteiger partial charge in [-0.1, -0.05) is 30.4 Å². The normalized spacial score (nSPS) is 16.9. The molecular formula is C13H11N3O4. The number of aliphatic carboxylic acids is 1. The van der Waals surface area contributed by atoms with Crippen LogP contribution in [-0.4, -0.2) is 25.0 Å². The number of allylic oxidation sites excluding steroid dienone is 1. The van der Waals surface area contributed by atoms with Gasteiger partial charge < -0.3 is 5.11 Å². The molecular weight excluding hydrogens is 263 g/mol. The fraction of sp³-hybridized carbons (Fsp3) is 0.154. The molecule has 0 bridgehead atoms. The molecule has 3 rings (SSSR count). The van der Waals surface area contributed by atoms with Gasteiger partial charge in [0.15, 0.2) is 6.04 Å². The first-order valence-electron chi connectivity index (χ1n) is 6.00. The molecule has 1 aromatic carbocycles. The Hall–Kier alpha value is -2.83. The summed E-state index contributed by atoms with van der Waals surface area (Å²) < 4.78 is 3.08. The lowest BCUT2D eigenvalue weighted by Crippen LogP contribution is -2.35. The summed E-state index contributed by atoms with van der Waals surface area (Å²) in [6.07, 6.45) is 2.97. The van der Waals surface area contributed by atoms with Gasteiger partial charge in [0.25, 0.3) is 0 Å². The van der Waals surface area contributed by atoms with Crippen LogP contribution >= 0.6 is 0 Å². The molecule has 0 fully saturated rings. The lowest BCUT2D eigenvalue weighted by molar-refractivity contribution is -0.140. The van der Waals surface area contributed by atoms with Gasteiger partial charge in [-0.05, 0) is 12.1 Å². The third-order valence-corrected chi connectivity index (χ3v) is 3.19. The third kappa shape index (κ3) is 1.63. The van der Waals surface area contributed by atoms with Crippen LogP contribution in [0, 0.1) is 0 Å². The molecule has 0 saturated heterocycles. The highest BCUT2D eigenvalue weighted by atomic mass is 16.4. The smallest absolute Gasteiger partial charge is 0.352 e. The van der Waals surface area contributed by atoms with E-state index < -0.39 is 23.4 Å². The summed E-state index contributed by atoms with van der Waals surface area (Å²) >= 11 is 0. The number of carboxylic acid groups (broad SMARTS) is 1. The largest absolute Gasteiger partial charge is 0.479 e. The molecule has 1 N–H and O–H groups in total. The summed E-state index contributed by atoms with van der Waals surface area (Å²) in [7, 11) is 0. The SMILES string of the molecule is O=C(O)[13CH]1C=CCn2c(=O)n(-c3ccccc3)c(=O)n21. The number of hydrogen-bond acceptors (Lipinski definition) is 3. The number of fused-ring (bicyclic) bond motifs is 1. The summed E-state index contributed by atoms with van der Waals surface area (Å²) in [6, 6.07) is 7.26. The number of benzene rings is 1. The molecule has 1 aromatic heterocycles. The quantitative estimate of drug-likeness (QED) is 0.616. The Morgan fingerprint density at radius 3 is 2.50 bits per heavy atom. The molecule has 1 atom stereocenters. The Kier molecular flexibility index (Phi) is 2.67. The number of carbonyl (C=O) groups is 1. The second-order valence-electron chi connectivity index (χ2n) is 4.37. The molecule has 1 aliphatic heterocycles. The van der Waals surface area contributed by atoms with E-state index in [9.17, 15) is 14.4 Å². The van der Waals surface area contributed by atoms with Crippen molar-refractivity contribution in [3.8, 4) is 5.69 Å². The highest BCUT2D eigenvalue weighted by Crippen LogP contribution is 2.11. The Bertz CT molecular complexity index is 810. The highest BCUT2D eigenvalue weighted by Gasteiger charge is 2.28. The van der Waals surface area contributed by atoms with Gasteiger partial charge in [0.2, 0.25) is 0 Å². The second-order valence-corrected chi connectivity index (χ2v) is 4.37. The maximum atomic E-state index is 12.4. The molecule has 0 spiro atoms. The molecule has 7 heteroatoms. The standard InChI is InChI=1S/C13H11N3O4/c17-11(18)10-7-4-8-14-12(19)15(13(20)16(10)14)9-5-2-1-3-6-9/h1-7,10H,8H2,(H,17,18)/i10+1. The van der Waals surface area contributed by atoms with Crippen molar-refractivity contribution in [3.05, 3.63) is 63.5 Å². The topological polar surface area (TPSA) is 86.2 Å². The van der Waals surface area contributed by atoms with Crippen molar-refractivity contribution in [2.24, 2.45) is 0 Å². The minimum Gasteiger partial charge on any atom is -0.479 e. The van der Waals surface area contributed by atoms with Gasteiger partial charge in [-0.2, -0.15) is 0 Å². The Morgan fingerprint density at radius 1 is 1.15 bits per heavy atom. The van der Waals surface area contributed by atoms with Crippen molar-refractivity contribution in [2.45, 2.75) is 12.6 Å². The lowest BCUT2D eigenvalue weighted by atomic mass is 10.3. The molecule has 20 heavy (non-hydrogen) atoms. The van der Waals surface area contributed by atoms with Crippen molar-refractivity contribution in [1.29, 1.82) is 0 Å². The molecule has 0 saturated carbocycles. The Balaban J connectivity index is 2.30. The summed E-state index contributed by atoms with van der Waals surface area (Å²) in [5.41, 5.74) is -0.782. The van der Waals surface area contributed by atoms with Gasteiger partial charge in [-0.25, -0.2) is 28.3 Å². The molecule has 2 aromatic rings. The zero-order valence-corrected chi connectivity index (χ0v) is 10.3. The van der Waals surface area contributed by atoms with Crippen LogP contribution in [0.4, 0.5) is 0 Å². The number of nitrogens with zero attached hydrogens (tertiary/aromatic N) is 3. The fourth-order valence-corrected chi connectivity index (χ4v) is 2.29. The van der Waals surface area contributed by atoms with Gasteiger partial charge in [0.1, 0.15) is 0 Å². The first-order chi connectivity index (χ1) is 9.61. The predicted molar refractivity (Wildman–Crippen MR) is 70.1 cm³/mol. The minimum atomic E-state index is -1.18. The summed E-state index contributed by atoms with van der Waals surface area (Å²) in [5.74, 6) is -1.18. The van der Waals surface area contributed by atoms with Gasteiger partial charge in [-0.15, -0.1) is 0 Å². The molecule has 0 radical (unpaired) electrons. The molecule has 102 valence electrons. The zero-order valence-electron chi connectivity index (χ0n) is 10.3. The Morgan fingerprint density at radius 2 is 1.85 bits per heavy atom. The number of para-hydroxylation sites is 1. The first-order valence-corrected chi connectivity index (χ1v) is 6.00. The summed E-state index contributed by atoms with van der Waals surface area (Å²) in [4.78, 5) is 35.8. The molecule has 1 unspecified atom stereocenters. The summed E-state index contributed by atoms with van der Waals surface area (Å²) in [5, 5.41) is 9.14. The molecule has 0 amide bonds. The number of hydrogen-bond donors (Lipinski definition) is 1. The maximum Gasteiger partial charge on any atom is 0.352 e. The van der Waals surface area contributed by atoms with Gasteiger partial charge in [0, 0.05) is 0 Å². The van der Waals surface area contributed by atoms with E-state index in [4.69, 9.17) is 5.11 Å². The number of aromatic nitrogens is 3. The van der Waals surface area contributed by atoms with E-state index in [1.165, 1.54) is 6.08 Å². The average molecular weight is 274 g/mol. The van der Waals surface area contributed by atoms with Crippen LogP contribution in [0.25, 0.3) is 5.69 Å². The Labute approximate surface area is 112 Å². The van der Waals surface area contributed by atoms with Gasteiger partial charge >= 0.3 is 17.3 Å². The number of carboxylic acids is 1. The summed E-state index contributed by atoms with van der Waals surface area (Å²) in [6.45, 7) is 0.178. The number of rotatable bonds is 2. The minimum absolute atomic E-state index is 0.178. The van der Waals surface area contributed by atoms with Crippen molar-refractivity contribution >= 4 is 5.97 Å². The van der Waals surface area contributed by atoms with Crippen LogP contribution in [-0.2, 0) is 11.3 Å². The fourth-order valence-electron chi connectivity index (χ4n) is 2.29. The van der Waals surface area contributed by atoms with Crippen molar-refractivity contribution in [1.82, 2.24) is 13.9 Å². The van der Waals surface area contributed by atoms with E-state index in [1.807, 2.05) is 0 Å². The first kappa shape index (κ1) is 12.2. The molecule has 1 aliphatic rings. The van der Waals surface area contributed by atoms with Crippen LogP contribution in [0.2, 0.25) is 0 Å². The molecule has 2 heterocycles. The van der Waals surface area contributed by atoms with Crippen molar-refractivity contribution < 1.29 is 9.90 Å². The molecule has 7 nitrogen and oxygen atoms in total. The monoisotopic (exact) mass is 274 g/mol. The van der Waals surface area contributed by atoms with E-state index in [-0.39, 0.29) is 6.54 Å². The van der Waals surface area contributed by atoms with E-state index in [0.29, 0.717) is 5.69 Å². The predicted octanol–water partition coefficient (Wildman–Crippen LogP) is -0.00380. The molecule has 0 aliphatic carbocycles. The van der Waals surface area contributed by atoms with Crippen molar-refractivity contribution in [2.75, 3.05) is 0 Å². The van der Waals surface area contributed by atoms with E-state index >= 15 is 0 Å². The highest BCUT2D eigenvalue weighted by molar-refractivity contribution is 5.74. The lowest BCUT2D eigenvalue weighted by Gasteiger charge is -2.16. The zero-order chi connectivity index (χ0) is 14.3. The average Bonchev–Trinajstić information content (AvgIpc) is 2.72.